The fourth-order valence-corrected chi connectivity index (χ4v) is 10.7. The van der Waals surface area contributed by atoms with Gasteiger partial charge in [0, 0.05) is 84.4 Å². The van der Waals surface area contributed by atoms with Crippen molar-refractivity contribution < 1.29 is 27.6 Å². The van der Waals surface area contributed by atoms with Crippen LogP contribution in [0.15, 0.2) is 108 Å². The zero-order chi connectivity index (χ0) is 41.9. The number of nitro groups is 1. The second-order valence-electron chi connectivity index (χ2n) is 16.7. The Hall–Kier alpha value is -6.52. The molecule has 3 aliphatic heterocycles. The molecule has 0 unspecified atom stereocenters. The fourth-order valence-electron chi connectivity index (χ4n) is 9.67. The van der Waals surface area contributed by atoms with Gasteiger partial charge < -0.3 is 24.7 Å². The molecule has 6 heterocycles. The van der Waals surface area contributed by atoms with Crippen LogP contribution in [-0.4, -0.2) is 77.4 Å². The summed E-state index contributed by atoms with van der Waals surface area (Å²) >= 11 is 0. The fraction of sp³-hybridized carbons (Fsp3) is 0.311. The number of H-pyrrole nitrogens is 1. The normalized spacial score (nSPS) is 19.7. The Morgan fingerprint density at radius 1 is 1.05 bits per heavy atom. The van der Waals surface area contributed by atoms with Gasteiger partial charge in [-0.2, -0.15) is 0 Å². The number of aromatic amines is 1. The van der Waals surface area contributed by atoms with Crippen molar-refractivity contribution in [2.45, 2.75) is 62.0 Å². The first-order chi connectivity index (χ1) is 29.5. The first-order valence-corrected chi connectivity index (χ1v) is 22.0. The summed E-state index contributed by atoms with van der Waals surface area (Å²) in [4.78, 5) is 41.8. The van der Waals surface area contributed by atoms with Crippen molar-refractivity contribution in [2.24, 2.45) is 5.41 Å². The molecule has 2 saturated heterocycles. The van der Waals surface area contributed by atoms with Crippen molar-refractivity contribution in [3.05, 3.63) is 136 Å². The molecule has 2 atom stereocenters. The molecule has 1 aliphatic carbocycles. The van der Waals surface area contributed by atoms with E-state index in [-0.39, 0.29) is 40.8 Å². The summed E-state index contributed by atoms with van der Waals surface area (Å²) in [6.45, 7) is 5.16. The number of amides is 1. The Bertz CT molecular complexity index is 2780. The molecular formula is C45H44N8O7S. The van der Waals surface area contributed by atoms with Gasteiger partial charge in [0.1, 0.15) is 23.8 Å². The number of anilines is 2. The number of carbonyl (C=O) groups is 1. The zero-order valence-corrected chi connectivity index (χ0v) is 34.2. The van der Waals surface area contributed by atoms with Gasteiger partial charge in [0.2, 0.25) is 0 Å². The summed E-state index contributed by atoms with van der Waals surface area (Å²) < 4.78 is 42.0. The number of pyridine rings is 2. The van der Waals surface area contributed by atoms with Gasteiger partial charge in [0.25, 0.3) is 21.6 Å². The Balaban J connectivity index is 0.873. The summed E-state index contributed by atoms with van der Waals surface area (Å²) in [6.07, 6.45) is 10.0. The van der Waals surface area contributed by atoms with Gasteiger partial charge in [-0.15, -0.1) is 0 Å². The second-order valence-corrected chi connectivity index (χ2v) is 18.4. The molecule has 312 valence electrons. The highest BCUT2D eigenvalue weighted by atomic mass is 32.2. The summed E-state index contributed by atoms with van der Waals surface area (Å²) in [5.41, 5.74) is 4.77. The summed E-state index contributed by atoms with van der Waals surface area (Å²) in [5.74, 6) is -0.497. The Kier molecular flexibility index (Phi) is 9.63. The first-order valence-electron chi connectivity index (χ1n) is 20.5. The lowest BCUT2D eigenvalue weighted by Crippen LogP contribution is -2.66. The van der Waals surface area contributed by atoms with Crippen LogP contribution < -0.4 is 24.4 Å². The van der Waals surface area contributed by atoms with Crippen molar-refractivity contribution in [3.8, 4) is 17.2 Å². The lowest BCUT2D eigenvalue weighted by molar-refractivity contribution is -0.384. The average molecular weight is 841 g/mol. The number of nitrogens with one attached hydrogen (secondary N) is 3. The van der Waals surface area contributed by atoms with E-state index in [1.165, 1.54) is 36.2 Å². The van der Waals surface area contributed by atoms with Crippen LogP contribution in [0.5, 0.6) is 17.2 Å². The molecule has 1 saturated carbocycles. The number of carbonyl (C=O) groups excluding carboxylic acids is 1. The third-order valence-corrected chi connectivity index (χ3v) is 13.9. The maximum atomic E-state index is 14.0. The first kappa shape index (κ1) is 38.7. The smallest absolute Gasteiger partial charge is 0.297 e. The van der Waals surface area contributed by atoms with Gasteiger partial charge in [-0.3, -0.25) is 24.8 Å². The van der Waals surface area contributed by atoms with Gasteiger partial charge in [-0.25, -0.2) is 18.1 Å². The van der Waals surface area contributed by atoms with Crippen molar-refractivity contribution in [1.29, 1.82) is 0 Å². The highest BCUT2D eigenvalue weighted by Crippen LogP contribution is 2.54. The minimum absolute atomic E-state index is 0.0167. The second kappa shape index (κ2) is 15.2. The van der Waals surface area contributed by atoms with E-state index >= 15 is 0 Å². The number of nitrogens with zero attached hydrogens (tertiary/aromatic N) is 5. The number of ether oxygens (including phenoxy) is 2. The summed E-state index contributed by atoms with van der Waals surface area (Å²) in [6, 6.07) is 25.7. The Morgan fingerprint density at radius 2 is 1.89 bits per heavy atom. The number of benzene rings is 3. The Morgan fingerprint density at radius 3 is 2.69 bits per heavy atom. The van der Waals surface area contributed by atoms with Crippen molar-refractivity contribution in [1.82, 2.24) is 24.6 Å². The molecule has 15 nitrogen and oxygen atoms in total. The SMILES string of the molecule is Cc1ccccc1[C@@H]1CCCN1C1CC2(C1)CN(c1ccc(C(=O)NS(=O)(=O)c3cc4c(c([N+](=O)[O-])c3)N[C@@H](Cc3ccccn3)CO4)c(Oc3cnc4[nH]ccc4c3)c1)C2. The summed E-state index contributed by atoms with van der Waals surface area (Å²) in [7, 11) is -4.65. The predicted octanol–water partition coefficient (Wildman–Crippen LogP) is 7.31. The zero-order valence-electron chi connectivity index (χ0n) is 33.4. The highest BCUT2D eigenvalue weighted by Gasteiger charge is 2.55. The van der Waals surface area contributed by atoms with Crippen LogP contribution in [-0.2, 0) is 16.4 Å². The van der Waals surface area contributed by atoms with Crippen LogP contribution in [0.25, 0.3) is 11.0 Å². The van der Waals surface area contributed by atoms with E-state index in [0.29, 0.717) is 29.9 Å². The van der Waals surface area contributed by atoms with Gasteiger partial charge in [-0.05, 0) is 86.7 Å². The lowest BCUT2D eigenvalue weighted by atomic mass is 9.60. The molecular weight excluding hydrogens is 797 g/mol. The molecule has 61 heavy (non-hydrogen) atoms. The van der Waals surface area contributed by atoms with E-state index in [0.717, 1.165) is 55.3 Å². The topological polar surface area (TPSA) is 185 Å². The van der Waals surface area contributed by atoms with Gasteiger partial charge in [0.15, 0.2) is 11.4 Å². The molecule has 3 fully saturated rings. The number of sulfonamides is 1. The third-order valence-electron chi connectivity index (χ3n) is 12.6. The molecule has 0 radical (unpaired) electrons. The minimum Gasteiger partial charge on any atom is -0.489 e. The predicted molar refractivity (Wildman–Crippen MR) is 229 cm³/mol. The molecule has 1 amide bonds. The third kappa shape index (κ3) is 7.39. The number of nitro benzene ring substituents is 1. The molecule has 1 spiro atoms. The number of aryl methyl sites for hydroxylation is 1. The van der Waals surface area contributed by atoms with E-state index in [1.54, 1.807) is 42.7 Å². The van der Waals surface area contributed by atoms with Gasteiger partial charge >= 0.3 is 0 Å². The maximum absolute atomic E-state index is 14.0. The monoisotopic (exact) mass is 840 g/mol. The molecule has 0 bridgehead atoms. The molecule has 3 aromatic heterocycles. The van der Waals surface area contributed by atoms with E-state index in [2.05, 4.69) is 66.0 Å². The number of hydrogen-bond donors (Lipinski definition) is 3. The van der Waals surface area contributed by atoms with Crippen molar-refractivity contribution in [2.75, 3.05) is 36.5 Å². The number of likely N-dealkylation sites (tertiary alicyclic amines) is 1. The number of hydrogen-bond acceptors (Lipinski definition) is 12. The van der Waals surface area contributed by atoms with E-state index < -0.39 is 31.4 Å². The van der Waals surface area contributed by atoms with Crippen LogP contribution in [0.1, 0.15) is 58.9 Å². The molecule has 3 N–H and O–H groups in total. The largest absolute Gasteiger partial charge is 0.489 e. The molecule has 3 aromatic carbocycles. The maximum Gasteiger partial charge on any atom is 0.297 e. The molecule has 10 rings (SSSR count). The van der Waals surface area contributed by atoms with Crippen molar-refractivity contribution >= 4 is 44.0 Å². The molecule has 4 aliphatic rings. The van der Waals surface area contributed by atoms with Crippen LogP contribution in [0.2, 0.25) is 0 Å². The van der Waals surface area contributed by atoms with Crippen LogP contribution in [0.4, 0.5) is 17.1 Å². The van der Waals surface area contributed by atoms with Gasteiger partial charge in [0.05, 0.1) is 27.6 Å². The van der Waals surface area contributed by atoms with Crippen molar-refractivity contribution in [3.63, 3.8) is 0 Å². The highest BCUT2D eigenvalue weighted by molar-refractivity contribution is 7.90. The van der Waals surface area contributed by atoms with Gasteiger partial charge in [-0.1, -0.05) is 30.3 Å². The average Bonchev–Trinajstić information content (AvgIpc) is 3.90. The minimum atomic E-state index is -4.65. The number of fused-ring (bicyclic) bond motifs is 2. The number of aromatic nitrogens is 3. The van der Waals surface area contributed by atoms with E-state index in [1.807, 2.05) is 18.2 Å². The van der Waals surface area contributed by atoms with E-state index in [4.69, 9.17) is 9.47 Å². The quantitative estimate of drug-likeness (QED) is 0.0875. The lowest BCUT2D eigenvalue weighted by Gasteiger charge is -2.62. The van der Waals surface area contributed by atoms with Crippen LogP contribution >= 0.6 is 0 Å². The number of rotatable bonds is 11. The molecule has 16 heteroatoms. The summed E-state index contributed by atoms with van der Waals surface area (Å²) in [5, 5.41) is 16.2. The van der Waals surface area contributed by atoms with Crippen LogP contribution in [0.3, 0.4) is 0 Å². The van der Waals surface area contributed by atoms with E-state index in [9.17, 15) is 23.3 Å². The Labute approximate surface area is 352 Å². The van der Waals surface area contributed by atoms with Crippen LogP contribution in [0, 0.1) is 22.5 Å². The standard InChI is InChI=1S/C45H44N8O7S/c1-28-7-2-3-9-36(28)38-10-6-16-52(38)33-22-45(23-33)26-51(27-45)32-11-12-37(40(19-32)60-34-17-29-13-15-47-43(29)48-24-34)44(54)50-61(57,58)35-20-39(53(55)56)42-41(21-35)59-25-31(49-42)18-30-8-4-5-14-46-30/h2-5,7-9,11-15,17,19-21,24,31,33,38,49H,6,10,16,18,22-23,25-27H2,1H3,(H,47,48)(H,50,54)/t31-,38-/m0/s1. The molecule has 6 aromatic rings.